The highest BCUT2D eigenvalue weighted by Gasteiger charge is 2.12. The number of carbonyl (C=O) groups excluding carboxylic acids is 1. The molecule has 4 nitrogen and oxygen atoms in total. The zero-order valence-electron chi connectivity index (χ0n) is 7.45. The molecule has 0 spiro atoms. The van der Waals surface area contributed by atoms with Gasteiger partial charge in [0.25, 0.3) is 0 Å². The van der Waals surface area contributed by atoms with Crippen LogP contribution in [-0.4, -0.2) is 34.5 Å². The van der Waals surface area contributed by atoms with Gasteiger partial charge in [-0.1, -0.05) is 6.08 Å². The lowest BCUT2D eigenvalue weighted by molar-refractivity contribution is -0.140. The number of carboxylic acid groups (broad SMARTS) is 1. The van der Waals surface area contributed by atoms with Crippen LogP contribution in [0, 0.1) is 0 Å². The number of hydrogen-bond acceptors (Lipinski definition) is 3. The van der Waals surface area contributed by atoms with Crippen LogP contribution in [0.3, 0.4) is 0 Å². The van der Waals surface area contributed by atoms with Crippen LogP contribution in [-0.2, 0) is 9.59 Å². The quantitative estimate of drug-likeness (QED) is 0.487. The molecule has 13 heavy (non-hydrogen) atoms. The fourth-order valence-electron chi connectivity index (χ4n) is 0.580. The number of nitrogens with one attached hydrogen (secondary N) is 1. The van der Waals surface area contributed by atoms with E-state index in [1.54, 1.807) is 6.08 Å². The van der Waals surface area contributed by atoms with Gasteiger partial charge in [-0.2, -0.15) is 0 Å². The van der Waals surface area contributed by atoms with Gasteiger partial charge < -0.3 is 10.4 Å². The molecule has 1 amide bonds. The number of hydrogen-bond donors (Lipinski definition) is 2. The van der Waals surface area contributed by atoms with Crippen LogP contribution >= 0.6 is 11.8 Å². The maximum atomic E-state index is 11.0. The zero-order chi connectivity index (χ0) is 10.3. The minimum atomic E-state index is -1.03. The minimum Gasteiger partial charge on any atom is -0.480 e. The van der Waals surface area contributed by atoms with E-state index >= 15 is 0 Å². The van der Waals surface area contributed by atoms with E-state index in [4.69, 9.17) is 5.11 Å². The molecule has 74 valence electrons. The molecule has 0 aliphatic carbocycles. The van der Waals surface area contributed by atoms with Gasteiger partial charge >= 0.3 is 5.97 Å². The highest BCUT2D eigenvalue weighted by Crippen LogP contribution is 1.98. The van der Waals surface area contributed by atoms with Gasteiger partial charge in [0.05, 0.1) is 5.75 Å². The van der Waals surface area contributed by atoms with Gasteiger partial charge in [-0.3, -0.25) is 9.59 Å². The number of carbonyl (C=O) groups is 2. The Labute approximate surface area is 81.4 Å². The summed E-state index contributed by atoms with van der Waals surface area (Å²) in [4.78, 5) is 21.3. The van der Waals surface area contributed by atoms with Crippen LogP contribution < -0.4 is 5.32 Å². The van der Waals surface area contributed by atoms with Crippen molar-refractivity contribution in [2.75, 3.05) is 11.5 Å². The zero-order valence-corrected chi connectivity index (χ0v) is 8.26. The van der Waals surface area contributed by atoms with Crippen molar-refractivity contribution in [1.82, 2.24) is 5.32 Å². The Morgan fingerprint density at radius 2 is 2.31 bits per heavy atom. The molecule has 0 radical (unpaired) electrons. The summed E-state index contributed by atoms with van der Waals surface area (Å²) in [6, 6.07) is -0.822. The van der Waals surface area contributed by atoms with Crippen LogP contribution in [0.1, 0.15) is 6.92 Å². The van der Waals surface area contributed by atoms with Gasteiger partial charge in [0.2, 0.25) is 5.91 Å². The Bertz CT molecular complexity index is 206. The third kappa shape index (κ3) is 6.21. The van der Waals surface area contributed by atoms with Crippen LogP contribution in [0.25, 0.3) is 0 Å². The molecule has 0 aromatic carbocycles. The number of aliphatic carboxylic acids is 1. The molecule has 0 saturated heterocycles. The molecule has 2 N–H and O–H groups in total. The maximum Gasteiger partial charge on any atom is 0.325 e. The predicted molar refractivity (Wildman–Crippen MR) is 52.8 cm³/mol. The van der Waals surface area contributed by atoms with Crippen LogP contribution in [0.15, 0.2) is 12.7 Å². The highest BCUT2D eigenvalue weighted by atomic mass is 32.2. The van der Waals surface area contributed by atoms with Gasteiger partial charge in [0.15, 0.2) is 0 Å². The molecule has 0 aromatic heterocycles. The normalized spacial score (nSPS) is 11.8. The number of amides is 1. The van der Waals surface area contributed by atoms with Crippen LogP contribution in [0.4, 0.5) is 0 Å². The first-order valence-corrected chi connectivity index (χ1v) is 4.94. The number of carboxylic acids is 1. The maximum absolute atomic E-state index is 11.0. The lowest BCUT2D eigenvalue weighted by Crippen LogP contribution is -2.39. The van der Waals surface area contributed by atoms with E-state index in [-0.39, 0.29) is 11.7 Å². The van der Waals surface area contributed by atoms with Crippen molar-refractivity contribution in [3.05, 3.63) is 12.7 Å². The Balaban J connectivity index is 3.61. The Hall–Kier alpha value is -0.970. The summed E-state index contributed by atoms with van der Waals surface area (Å²) < 4.78 is 0. The van der Waals surface area contributed by atoms with Crippen molar-refractivity contribution in [3.8, 4) is 0 Å². The van der Waals surface area contributed by atoms with E-state index < -0.39 is 12.0 Å². The van der Waals surface area contributed by atoms with Gasteiger partial charge in [0, 0.05) is 5.75 Å². The summed E-state index contributed by atoms with van der Waals surface area (Å²) >= 11 is 1.39. The van der Waals surface area contributed by atoms with Crippen molar-refractivity contribution in [3.63, 3.8) is 0 Å². The second-order valence-corrected chi connectivity index (χ2v) is 3.46. The summed E-state index contributed by atoms with van der Waals surface area (Å²) in [6.45, 7) is 4.93. The first kappa shape index (κ1) is 12.0. The highest BCUT2D eigenvalue weighted by molar-refractivity contribution is 8.00. The molecule has 0 saturated carbocycles. The average Bonchev–Trinajstić information content (AvgIpc) is 2.04. The number of thioether (sulfide) groups is 1. The van der Waals surface area contributed by atoms with E-state index in [0.717, 1.165) is 0 Å². The van der Waals surface area contributed by atoms with Crippen LogP contribution in [0.5, 0.6) is 0 Å². The van der Waals surface area contributed by atoms with Gasteiger partial charge in [0.1, 0.15) is 6.04 Å². The SMILES string of the molecule is C=CCSCC(=O)N[C@H](C)C(=O)O. The molecule has 0 aliphatic rings. The molecule has 0 unspecified atom stereocenters. The Morgan fingerprint density at radius 3 is 2.77 bits per heavy atom. The summed E-state index contributed by atoms with van der Waals surface area (Å²) in [6.07, 6.45) is 1.69. The van der Waals surface area contributed by atoms with Crippen molar-refractivity contribution in [1.29, 1.82) is 0 Å². The second-order valence-electron chi connectivity index (χ2n) is 2.43. The summed E-state index contributed by atoms with van der Waals surface area (Å²) in [7, 11) is 0. The molecule has 0 bridgehead atoms. The Morgan fingerprint density at radius 1 is 1.69 bits per heavy atom. The van der Waals surface area contributed by atoms with E-state index in [2.05, 4.69) is 11.9 Å². The molecule has 0 aromatic rings. The molecule has 1 atom stereocenters. The molecule has 0 fully saturated rings. The Kier molecular flexibility index (Phi) is 6.05. The fraction of sp³-hybridized carbons (Fsp3) is 0.500. The van der Waals surface area contributed by atoms with E-state index in [1.807, 2.05) is 0 Å². The molecular formula is C8H13NO3S. The van der Waals surface area contributed by atoms with Crippen molar-refractivity contribution in [2.24, 2.45) is 0 Å². The molecular weight excluding hydrogens is 190 g/mol. The predicted octanol–water partition coefficient (Wildman–Crippen LogP) is 0.495. The average molecular weight is 203 g/mol. The molecule has 0 heterocycles. The third-order valence-corrected chi connectivity index (χ3v) is 2.15. The van der Waals surface area contributed by atoms with Gasteiger partial charge in [-0.25, -0.2) is 0 Å². The van der Waals surface area contributed by atoms with E-state index in [9.17, 15) is 9.59 Å². The molecule has 0 aliphatic heterocycles. The minimum absolute atomic E-state index is 0.262. The smallest absolute Gasteiger partial charge is 0.325 e. The lowest BCUT2D eigenvalue weighted by Gasteiger charge is -2.07. The second kappa shape index (κ2) is 6.54. The fourth-order valence-corrected chi connectivity index (χ4v) is 1.13. The summed E-state index contributed by atoms with van der Waals surface area (Å²) in [5, 5.41) is 10.8. The molecule has 0 rings (SSSR count). The van der Waals surface area contributed by atoms with Gasteiger partial charge in [-0.15, -0.1) is 18.3 Å². The van der Waals surface area contributed by atoms with Crippen molar-refractivity contribution >= 4 is 23.6 Å². The van der Waals surface area contributed by atoms with Crippen molar-refractivity contribution in [2.45, 2.75) is 13.0 Å². The first-order valence-electron chi connectivity index (χ1n) is 3.78. The summed E-state index contributed by atoms with van der Waals surface area (Å²) in [5.74, 6) is -0.331. The largest absolute Gasteiger partial charge is 0.480 e. The number of rotatable bonds is 6. The standard InChI is InChI=1S/C8H13NO3S/c1-3-4-13-5-7(10)9-6(2)8(11)12/h3,6H,1,4-5H2,2H3,(H,9,10)(H,11,12)/t6-/m1/s1. The first-order chi connectivity index (χ1) is 6.07. The van der Waals surface area contributed by atoms with E-state index in [0.29, 0.717) is 5.75 Å². The van der Waals surface area contributed by atoms with Crippen molar-refractivity contribution < 1.29 is 14.7 Å². The van der Waals surface area contributed by atoms with Gasteiger partial charge in [-0.05, 0) is 6.92 Å². The molecule has 5 heteroatoms. The lowest BCUT2D eigenvalue weighted by atomic mass is 10.3. The topological polar surface area (TPSA) is 66.4 Å². The monoisotopic (exact) mass is 203 g/mol. The van der Waals surface area contributed by atoms with Crippen LogP contribution in [0.2, 0.25) is 0 Å². The third-order valence-electron chi connectivity index (χ3n) is 1.22. The summed E-state index contributed by atoms with van der Waals surface area (Å²) in [5.41, 5.74) is 0. The van der Waals surface area contributed by atoms with E-state index in [1.165, 1.54) is 18.7 Å².